The van der Waals surface area contributed by atoms with E-state index in [2.05, 4.69) is 31.3 Å². The molecule has 20 heavy (non-hydrogen) atoms. The summed E-state index contributed by atoms with van der Waals surface area (Å²) in [6, 6.07) is 16.1. The fourth-order valence-electron chi connectivity index (χ4n) is 2.20. The monoisotopic (exact) mass is 267 g/mol. The Labute approximate surface area is 120 Å². The molecular formula is C18H21NO. The summed E-state index contributed by atoms with van der Waals surface area (Å²) in [6.07, 6.45) is 1.86. The smallest absolute Gasteiger partial charge is 0.251 e. The molecule has 0 radical (unpaired) electrons. The van der Waals surface area contributed by atoms with E-state index in [0.29, 0.717) is 6.54 Å². The Kier molecular flexibility index (Phi) is 4.94. The first-order valence-corrected chi connectivity index (χ1v) is 7.12. The van der Waals surface area contributed by atoms with Crippen LogP contribution in [0.5, 0.6) is 0 Å². The van der Waals surface area contributed by atoms with Crippen molar-refractivity contribution in [1.29, 1.82) is 0 Å². The number of carbonyl (C=O) groups excluding carboxylic acids is 1. The SMILES string of the molecule is CCc1ccc(C(=O)NCCc2ccccc2C)cc1. The highest BCUT2D eigenvalue weighted by Gasteiger charge is 2.05. The van der Waals surface area contributed by atoms with Crippen LogP contribution in [0.25, 0.3) is 0 Å². The van der Waals surface area contributed by atoms with Crippen molar-refractivity contribution in [1.82, 2.24) is 5.32 Å². The molecule has 0 unspecified atom stereocenters. The Bertz CT molecular complexity index is 572. The molecule has 1 N–H and O–H groups in total. The number of aryl methyl sites for hydroxylation is 2. The predicted molar refractivity (Wildman–Crippen MR) is 83.0 cm³/mol. The van der Waals surface area contributed by atoms with Crippen LogP contribution in [0.2, 0.25) is 0 Å². The van der Waals surface area contributed by atoms with Crippen molar-refractivity contribution in [3.8, 4) is 0 Å². The number of benzene rings is 2. The lowest BCUT2D eigenvalue weighted by atomic mass is 10.1. The highest BCUT2D eigenvalue weighted by atomic mass is 16.1. The number of carbonyl (C=O) groups is 1. The molecule has 0 saturated carbocycles. The molecule has 2 aromatic carbocycles. The third-order valence-electron chi connectivity index (χ3n) is 3.57. The molecular weight excluding hydrogens is 246 g/mol. The summed E-state index contributed by atoms with van der Waals surface area (Å²) in [5.41, 5.74) is 4.54. The van der Waals surface area contributed by atoms with Gasteiger partial charge < -0.3 is 5.32 Å². The fraction of sp³-hybridized carbons (Fsp3) is 0.278. The van der Waals surface area contributed by atoms with Gasteiger partial charge in [0.25, 0.3) is 5.91 Å². The van der Waals surface area contributed by atoms with Crippen LogP contribution in [0.15, 0.2) is 48.5 Å². The third kappa shape index (κ3) is 3.70. The van der Waals surface area contributed by atoms with Crippen molar-refractivity contribution in [2.24, 2.45) is 0 Å². The van der Waals surface area contributed by atoms with Gasteiger partial charge in [-0.05, 0) is 48.6 Å². The summed E-state index contributed by atoms with van der Waals surface area (Å²) in [5.74, 6) is 0.00115. The first kappa shape index (κ1) is 14.3. The Balaban J connectivity index is 1.87. The maximum atomic E-state index is 12.0. The van der Waals surface area contributed by atoms with Crippen LogP contribution in [-0.2, 0) is 12.8 Å². The molecule has 0 aromatic heterocycles. The summed E-state index contributed by atoms with van der Waals surface area (Å²) in [4.78, 5) is 12.0. The minimum Gasteiger partial charge on any atom is -0.352 e. The second kappa shape index (κ2) is 6.90. The molecule has 2 aromatic rings. The average molecular weight is 267 g/mol. The lowest BCUT2D eigenvalue weighted by molar-refractivity contribution is 0.0954. The largest absolute Gasteiger partial charge is 0.352 e. The van der Waals surface area contributed by atoms with Crippen molar-refractivity contribution in [2.75, 3.05) is 6.54 Å². The molecule has 2 rings (SSSR count). The average Bonchev–Trinajstić information content (AvgIpc) is 2.49. The summed E-state index contributed by atoms with van der Waals surface area (Å²) >= 11 is 0. The second-order valence-corrected chi connectivity index (χ2v) is 4.98. The highest BCUT2D eigenvalue weighted by molar-refractivity contribution is 5.94. The zero-order valence-electron chi connectivity index (χ0n) is 12.1. The number of nitrogens with one attached hydrogen (secondary N) is 1. The number of hydrogen-bond acceptors (Lipinski definition) is 1. The van der Waals surface area contributed by atoms with Gasteiger partial charge in [0.05, 0.1) is 0 Å². The number of hydrogen-bond donors (Lipinski definition) is 1. The molecule has 0 saturated heterocycles. The molecule has 0 bridgehead atoms. The maximum absolute atomic E-state index is 12.0. The first-order chi connectivity index (χ1) is 9.70. The van der Waals surface area contributed by atoms with Gasteiger partial charge in [-0.3, -0.25) is 4.79 Å². The van der Waals surface area contributed by atoms with E-state index >= 15 is 0 Å². The lowest BCUT2D eigenvalue weighted by Crippen LogP contribution is -2.25. The Morgan fingerprint density at radius 3 is 2.40 bits per heavy atom. The molecule has 0 aliphatic heterocycles. The van der Waals surface area contributed by atoms with E-state index in [1.807, 2.05) is 36.4 Å². The molecule has 0 atom stereocenters. The van der Waals surface area contributed by atoms with Crippen molar-refractivity contribution < 1.29 is 4.79 Å². The van der Waals surface area contributed by atoms with Crippen LogP contribution in [0.1, 0.15) is 34.0 Å². The highest BCUT2D eigenvalue weighted by Crippen LogP contribution is 2.08. The van der Waals surface area contributed by atoms with E-state index in [0.717, 1.165) is 18.4 Å². The topological polar surface area (TPSA) is 29.1 Å². The zero-order valence-corrected chi connectivity index (χ0v) is 12.1. The van der Waals surface area contributed by atoms with Crippen LogP contribution in [-0.4, -0.2) is 12.5 Å². The predicted octanol–water partition coefficient (Wildman–Crippen LogP) is 3.53. The second-order valence-electron chi connectivity index (χ2n) is 4.98. The summed E-state index contributed by atoms with van der Waals surface area (Å²) in [7, 11) is 0. The summed E-state index contributed by atoms with van der Waals surface area (Å²) in [6.45, 7) is 4.87. The molecule has 1 amide bonds. The minimum atomic E-state index is 0.00115. The third-order valence-corrected chi connectivity index (χ3v) is 3.57. The van der Waals surface area contributed by atoms with Crippen LogP contribution >= 0.6 is 0 Å². The van der Waals surface area contributed by atoms with Crippen LogP contribution < -0.4 is 5.32 Å². The van der Waals surface area contributed by atoms with Gasteiger partial charge >= 0.3 is 0 Å². The van der Waals surface area contributed by atoms with Gasteiger partial charge in [0.1, 0.15) is 0 Å². The number of amides is 1. The van der Waals surface area contributed by atoms with Crippen molar-refractivity contribution in [3.63, 3.8) is 0 Å². The Hall–Kier alpha value is -2.09. The van der Waals surface area contributed by atoms with E-state index in [1.165, 1.54) is 16.7 Å². The van der Waals surface area contributed by atoms with Crippen molar-refractivity contribution in [2.45, 2.75) is 26.7 Å². The summed E-state index contributed by atoms with van der Waals surface area (Å²) < 4.78 is 0. The molecule has 0 aliphatic rings. The van der Waals surface area contributed by atoms with Gasteiger partial charge in [0, 0.05) is 12.1 Å². The van der Waals surface area contributed by atoms with E-state index < -0.39 is 0 Å². The van der Waals surface area contributed by atoms with Gasteiger partial charge in [-0.2, -0.15) is 0 Å². The molecule has 0 fully saturated rings. The molecule has 0 heterocycles. The van der Waals surface area contributed by atoms with Crippen molar-refractivity contribution >= 4 is 5.91 Å². The molecule has 0 spiro atoms. The van der Waals surface area contributed by atoms with Crippen LogP contribution in [0.3, 0.4) is 0 Å². The van der Waals surface area contributed by atoms with Gasteiger partial charge in [0.15, 0.2) is 0 Å². The van der Waals surface area contributed by atoms with E-state index in [4.69, 9.17) is 0 Å². The quantitative estimate of drug-likeness (QED) is 0.882. The molecule has 2 nitrogen and oxygen atoms in total. The molecule has 0 aliphatic carbocycles. The Morgan fingerprint density at radius 2 is 1.75 bits per heavy atom. The van der Waals surface area contributed by atoms with Crippen molar-refractivity contribution in [3.05, 3.63) is 70.8 Å². The van der Waals surface area contributed by atoms with Gasteiger partial charge in [-0.25, -0.2) is 0 Å². The zero-order chi connectivity index (χ0) is 14.4. The van der Waals surface area contributed by atoms with Gasteiger partial charge in [0.2, 0.25) is 0 Å². The standard InChI is InChI=1S/C18H21NO/c1-3-15-8-10-17(11-9-15)18(20)19-13-12-16-7-5-4-6-14(16)2/h4-11H,3,12-13H2,1-2H3,(H,19,20). The maximum Gasteiger partial charge on any atom is 0.251 e. The van der Waals surface area contributed by atoms with Gasteiger partial charge in [-0.1, -0.05) is 43.3 Å². The number of rotatable bonds is 5. The van der Waals surface area contributed by atoms with E-state index in [1.54, 1.807) is 0 Å². The summed E-state index contributed by atoms with van der Waals surface area (Å²) in [5, 5.41) is 2.97. The van der Waals surface area contributed by atoms with Crippen LogP contribution in [0, 0.1) is 6.92 Å². The Morgan fingerprint density at radius 1 is 1.05 bits per heavy atom. The normalized spacial score (nSPS) is 10.3. The van der Waals surface area contributed by atoms with Crippen LogP contribution in [0.4, 0.5) is 0 Å². The van der Waals surface area contributed by atoms with E-state index in [9.17, 15) is 4.79 Å². The first-order valence-electron chi connectivity index (χ1n) is 7.12. The molecule has 2 heteroatoms. The molecule has 104 valence electrons. The van der Waals surface area contributed by atoms with E-state index in [-0.39, 0.29) is 5.91 Å². The fourth-order valence-corrected chi connectivity index (χ4v) is 2.20. The lowest BCUT2D eigenvalue weighted by Gasteiger charge is -2.08. The van der Waals surface area contributed by atoms with Gasteiger partial charge in [-0.15, -0.1) is 0 Å². The minimum absolute atomic E-state index is 0.00115.